The van der Waals surface area contributed by atoms with Crippen LogP contribution in [0.4, 0.5) is 11.5 Å². The van der Waals surface area contributed by atoms with Gasteiger partial charge in [-0.1, -0.05) is 33.6 Å². The lowest BCUT2D eigenvalue weighted by Crippen LogP contribution is -2.47. The highest BCUT2D eigenvalue weighted by molar-refractivity contribution is 9.10. The Morgan fingerprint density at radius 2 is 1.85 bits per heavy atom. The number of aromatic nitrogens is 2. The molecule has 0 spiro atoms. The Morgan fingerprint density at radius 1 is 1.10 bits per heavy atom. The van der Waals surface area contributed by atoms with E-state index in [0.717, 1.165) is 36.5 Å². The maximum Gasteiger partial charge on any atom is 0.150 e. The molecule has 1 aromatic heterocycles. The fourth-order valence-electron chi connectivity index (χ4n) is 2.39. The lowest BCUT2D eigenvalue weighted by Gasteiger charge is -2.37. The fourth-order valence-corrected chi connectivity index (χ4v) is 3.00. The van der Waals surface area contributed by atoms with Gasteiger partial charge < -0.3 is 9.80 Å². The molecule has 0 bridgehead atoms. The molecular formula is C14H14BrClN4. The minimum atomic E-state index is 0.614. The predicted molar refractivity (Wildman–Crippen MR) is 85.6 cm³/mol. The van der Waals surface area contributed by atoms with Crippen molar-refractivity contribution in [1.82, 2.24) is 9.97 Å². The minimum Gasteiger partial charge on any atom is -0.368 e. The summed E-state index contributed by atoms with van der Waals surface area (Å²) in [6.45, 7) is 3.72. The number of benzene rings is 1. The third-order valence-electron chi connectivity index (χ3n) is 3.40. The van der Waals surface area contributed by atoms with Gasteiger partial charge in [0.2, 0.25) is 0 Å². The summed E-state index contributed by atoms with van der Waals surface area (Å²) in [4.78, 5) is 12.8. The summed E-state index contributed by atoms with van der Waals surface area (Å²) in [5.41, 5.74) is 1.24. The molecule has 3 rings (SSSR count). The standard InChI is InChI=1S/C14H14BrClN4/c15-11-2-1-3-12(8-11)19-4-6-20(7-5-19)14-13(16)9-17-10-18-14/h1-3,8-10H,4-7H2. The molecule has 1 fully saturated rings. The van der Waals surface area contributed by atoms with Crippen molar-refractivity contribution >= 4 is 39.0 Å². The van der Waals surface area contributed by atoms with Crippen LogP contribution in [0.15, 0.2) is 41.3 Å². The Bertz CT molecular complexity index is 599. The molecule has 0 saturated carbocycles. The van der Waals surface area contributed by atoms with Gasteiger partial charge in [0.1, 0.15) is 11.3 Å². The summed E-state index contributed by atoms with van der Waals surface area (Å²) in [7, 11) is 0. The van der Waals surface area contributed by atoms with Gasteiger partial charge >= 0.3 is 0 Å². The Morgan fingerprint density at radius 3 is 2.55 bits per heavy atom. The zero-order valence-electron chi connectivity index (χ0n) is 10.8. The van der Waals surface area contributed by atoms with Crippen LogP contribution in [0.3, 0.4) is 0 Å². The van der Waals surface area contributed by atoms with Crippen molar-refractivity contribution in [2.24, 2.45) is 0 Å². The molecule has 2 heterocycles. The Labute approximate surface area is 131 Å². The summed E-state index contributed by atoms with van der Waals surface area (Å²) < 4.78 is 1.11. The van der Waals surface area contributed by atoms with Crippen LogP contribution < -0.4 is 9.80 Å². The van der Waals surface area contributed by atoms with Gasteiger partial charge in [-0.2, -0.15) is 0 Å². The summed E-state index contributed by atoms with van der Waals surface area (Å²) in [5.74, 6) is 0.829. The third-order valence-corrected chi connectivity index (χ3v) is 4.16. The minimum absolute atomic E-state index is 0.614. The molecule has 1 aliphatic heterocycles. The van der Waals surface area contributed by atoms with E-state index in [0.29, 0.717) is 5.02 Å². The third kappa shape index (κ3) is 2.88. The monoisotopic (exact) mass is 352 g/mol. The molecular weight excluding hydrogens is 340 g/mol. The highest BCUT2D eigenvalue weighted by Gasteiger charge is 2.20. The van der Waals surface area contributed by atoms with Crippen LogP contribution in [0.2, 0.25) is 5.02 Å². The first-order valence-corrected chi connectivity index (χ1v) is 7.62. The van der Waals surface area contributed by atoms with Crippen molar-refractivity contribution in [2.45, 2.75) is 0 Å². The highest BCUT2D eigenvalue weighted by Crippen LogP contribution is 2.25. The van der Waals surface area contributed by atoms with Gasteiger partial charge in [-0.3, -0.25) is 0 Å². The van der Waals surface area contributed by atoms with Gasteiger partial charge in [-0.05, 0) is 18.2 Å². The zero-order chi connectivity index (χ0) is 13.9. The quantitative estimate of drug-likeness (QED) is 0.830. The van der Waals surface area contributed by atoms with E-state index in [1.54, 1.807) is 12.5 Å². The molecule has 0 atom stereocenters. The van der Waals surface area contributed by atoms with E-state index in [4.69, 9.17) is 11.6 Å². The number of anilines is 2. The number of nitrogens with zero attached hydrogens (tertiary/aromatic N) is 4. The highest BCUT2D eigenvalue weighted by atomic mass is 79.9. The van der Waals surface area contributed by atoms with E-state index in [1.165, 1.54) is 5.69 Å². The molecule has 0 aliphatic carbocycles. The molecule has 2 aromatic rings. The van der Waals surface area contributed by atoms with Crippen molar-refractivity contribution in [3.8, 4) is 0 Å². The Balaban J connectivity index is 1.70. The average molecular weight is 354 g/mol. The van der Waals surface area contributed by atoms with E-state index < -0.39 is 0 Å². The Kier molecular flexibility index (Phi) is 4.08. The molecule has 6 heteroatoms. The maximum absolute atomic E-state index is 6.15. The lowest BCUT2D eigenvalue weighted by molar-refractivity contribution is 0.647. The van der Waals surface area contributed by atoms with Crippen LogP contribution in [-0.2, 0) is 0 Å². The number of piperazine rings is 1. The topological polar surface area (TPSA) is 32.3 Å². The van der Waals surface area contributed by atoms with Gasteiger partial charge in [0.15, 0.2) is 5.82 Å². The molecule has 1 saturated heterocycles. The van der Waals surface area contributed by atoms with E-state index in [-0.39, 0.29) is 0 Å². The van der Waals surface area contributed by atoms with Crippen molar-refractivity contribution < 1.29 is 0 Å². The van der Waals surface area contributed by atoms with Crippen LogP contribution in [-0.4, -0.2) is 36.1 Å². The van der Waals surface area contributed by atoms with Crippen molar-refractivity contribution in [3.63, 3.8) is 0 Å². The van der Waals surface area contributed by atoms with Gasteiger partial charge in [0.05, 0.1) is 6.20 Å². The number of rotatable bonds is 2. The second-order valence-corrected chi connectivity index (χ2v) is 5.97. The van der Waals surface area contributed by atoms with E-state index in [9.17, 15) is 0 Å². The first-order chi connectivity index (χ1) is 9.74. The summed E-state index contributed by atoms with van der Waals surface area (Å²) in [6.07, 6.45) is 3.19. The van der Waals surface area contributed by atoms with Gasteiger partial charge in [0, 0.05) is 36.3 Å². The smallest absolute Gasteiger partial charge is 0.150 e. The average Bonchev–Trinajstić information content (AvgIpc) is 2.48. The molecule has 20 heavy (non-hydrogen) atoms. The molecule has 0 amide bonds. The largest absolute Gasteiger partial charge is 0.368 e. The molecule has 1 aliphatic rings. The van der Waals surface area contributed by atoms with E-state index in [2.05, 4.69) is 53.9 Å². The number of hydrogen-bond donors (Lipinski definition) is 0. The summed E-state index contributed by atoms with van der Waals surface area (Å²) in [5, 5.41) is 0.614. The van der Waals surface area contributed by atoms with Gasteiger partial charge in [0.25, 0.3) is 0 Å². The molecule has 0 unspecified atom stereocenters. The van der Waals surface area contributed by atoms with Gasteiger partial charge in [-0.15, -0.1) is 0 Å². The van der Waals surface area contributed by atoms with E-state index in [1.807, 2.05) is 6.07 Å². The maximum atomic E-state index is 6.15. The second kappa shape index (κ2) is 5.97. The summed E-state index contributed by atoms with van der Waals surface area (Å²) in [6, 6.07) is 8.39. The molecule has 0 radical (unpaired) electrons. The number of halogens is 2. The van der Waals surface area contributed by atoms with Crippen LogP contribution in [0.1, 0.15) is 0 Å². The molecule has 1 aromatic carbocycles. The van der Waals surface area contributed by atoms with Crippen molar-refractivity contribution in [2.75, 3.05) is 36.0 Å². The fraction of sp³-hybridized carbons (Fsp3) is 0.286. The van der Waals surface area contributed by atoms with Crippen molar-refractivity contribution in [1.29, 1.82) is 0 Å². The zero-order valence-corrected chi connectivity index (χ0v) is 13.2. The van der Waals surface area contributed by atoms with Crippen LogP contribution >= 0.6 is 27.5 Å². The first-order valence-electron chi connectivity index (χ1n) is 6.45. The van der Waals surface area contributed by atoms with Gasteiger partial charge in [-0.25, -0.2) is 9.97 Å². The SMILES string of the molecule is Clc1cncnc1N1CCN(c2cccc(Br)c2)CC1. The first kappa shape index (κ1) is 13.6. The van der Waals surface area contributed by atoms with Crippen molar-refractivity contribution in [3.05, 3.63) is 46.3 Å². The van der Waals surface area contributed by atoms with E-state index >= 15 is 0 Å². The normalized spacial score (nSPS) is 15.5. The predicted octanol–water partition coefficient (Wildman–Crippen LogP) is 3.22. The lowest BCUT2D eigenvalue weighted by atomic mass is 10.2. The molecule has 4 nitrogen and oxygen atoms in total. The van der Waals surface area contributed by atoms with Crippen LogP contribution in [0.25, 0.3) is 0 Å². The van der Waals surface area contributed by atoms with Crippen LogP contribution in [0.5, 0.6) is 0 Å². The number of hydrogen-bond acceptors (Lipinski definition) is 4. The summed E-state index contributed by atoms with van der Waals surface area (Å²) >= 11 is 9.66. The van der Waals surface area contributed by atoms with Crippen LogP contribution in [0, 0.1) is 0 Å². The second-order valence-electron chi connectivity index (χ2n) is 4.65. The molecule has 0 N–H and O–H groups in total. The molecule has 104 valence electrons. The Hall–Kier alpha value is -1.33.